The fourth-order valence-electron chi connectivity index (χ4n) is 2.98. The smallest absolute Gasteiger partial charge is 0.328 e. The lowest BCUT2D eigenvalue weighted by atomic mass is 10.1. The van der Waals surface area contributed by atoms with Gasteiger partial charge in [0.15, 0.2) is 0 Å². The van der Waals surface area contributed by atoms with Crippen molar-refractivity contribution < 1.29 is 18.8 Å². The van der Waals surface area contributed by atoms with Crippen molar-refractivity contribution in [2.75, 3.05) is 6.16 Å². The molecule has 0 spiro atoms. The molecule has 2 aromatic carbocycles. The molecule has 0 amide bonds. The first kappa shape index (κ1) is 18.6. The molecule has 3 aromatic rings. The van der Waals surface area contributed by atoms with Gasteiger partial charge in [-0.1, -0.05) is 48.5 Å². The summed E-state index contributed by atoms with van der Waals surface area (Å²) < 4.78 is 17.5. The number of fused-ring (bicyclic) bond motifs is 1. The Labute approximate surface area is 152 Å². The highest BCUT2D eigenvalue weighted by Crippen LogP contribution is 2.44. The molecule has 0 bridgehead atoms. The highest BCUT2D eigenvalue weighted by Gasteiger charge is 2.25. The Hall–Kier alpha value is -2.20. The van der Waals surface area contributed by atoms with E-state index in [4.69, 9.17) is 4.52 Å². The topological polar surface area (TPSA) is 79.4 Å². The van der Waals surface area contributed by atoms with Crippen LogP contribution in [0.3, 0.4) is 0 Å². The van der Waals surface area contributed by atoms with Crippen LogP contribution in [0.1, 0.15) is 17.5 Å². The zero-order valence-corrected chi connectivity index (χ0v) is 15.2. The number of carbonyl (C=O) groups excluding carboxylic acids is 1. The van der Waals surface area contributed by atoms with Crippen LogP contribution in [0.15, 0.2) is 60.8 Å². The number of H-pyrrole nitrogens is 1. The van der Waals surface area contributed by atoms with Crippen LogP contribution in [0.25, 0.3) is 10.9 Å². The fraction of sp³-hybridized carbons (Fsp3) is 0.250. The SMILES string of the molecule is O=[C]C(Cc1c[nH]c2ccccc12)OP(=O)(O)CCCc1ccccc1. The van der Waals surface area contributed by atoms with Gasteiger partial charge < -0.3 is 9.88 Å². The number of rotatable bonds is 9. The standard InChI is InChI=1S/C20H21NO4P/c22-15-18(13-17-14-21-20-11-5-4-10-19(17)20)25-26(23,24)12-6-9-16-7-2-1-3-8-16/h1-5,7-8,10-11,14,18,21H,6,9,12-13H2,(H,23,24). The normalized spacial score (nSPS) is 14.8. The first-order valence-corrected chi connectivity index (χ1v) is 10.3. The highest BCUT2D eigenvalue weighted by atomic mass is 31.2. The van der Waals surface area contributed by atoms with Crippen LogP contribution >= 0.6 is 7.60 Å². The Bertz CT molecular complexity index is 906. The molecular formula is C20H21NO4P. The number of para-hydroxylation sites is 1. The van der Waals surface area contributed by atoms with Crippen molar-refractivity contribution in [2.45, 2.75) is 25.4 Å². The number of benzene rings is 2. The summed E-state index contributed by atoms with van der Waals surface area (Å²) in [5.74, 6) is 0. The summed E-state index contributed by atoms with van der Waals surface area (Å²) in [6.07, 6.45) is 3.88. The summed E-state index contributed by atoms with van der Waals surface area (Å²) in [4.78, 5) is 24.4. The molecule has 1 radical (unpaired) electrons. The van der Waals surface area contributed by atoms with Gasteiger partial charge in [-0.25, -0.2) is 0 Å². The van der Waals surface area contributed by atoms with Crippen LogP contribution in [0.4, 0.5) is 0 Å². The number of nitrogens with one attached hydrogen (secondary N) is 1. The van der Waals surface area contributed by atoms with Crippen LogP contribution < -0.4 is 0 Å². The predicted molar refractivity (Wildman–Crippen MR) is 102 cm³/mol. The second kappa shape index (κ2) is 8.45. The van der Waals surface area contributed by atoms with Crippen molar-refractivity contribution in [1.29, 1.82) is 0 Å². The average molecular weight is 370 g/mol. The zero-order valence-electron chi connectivity index (χ0n) is 14.3. The van der Waals surface area contributed by atoms with E-state index in [0.29, 0.717) is 12.8 Å². The molecule has 0 aliphatic heterocycles. The number of hydrogen-bond acceptors (Lipinski definition) is 3. The van der Waals surface area contributed by atoms with Crippen molar-refractivity contribution in [1.82, 2.24) is 4.98 Å². The Morgan fingerprint density at radius 1 is 1.12 bits per heavy atom. The average Bonchev–Trinajstić information content (AvgIpc) is 3.05. The molecule has 135 valence electrons. The second-order valence-electron chi connectivity index (χ2n) is 6.23. The Morgan fingerprint density at radius 3 is 2.62 bits per heavy atom. The fourth-order valence-corrected chi connectivity index (χ4v) is 4.16. The minimum absolute atomic E-state index is 0.00790. The Morgan fingerprint density at radius 2 is 1.85 bits per heavy atom. The summed E-state index contributed by atoms with van der Waals surface area (Å²) in [6.45, 7) is 0. The monoisotopic (exact) mass is 370 g/mol. The van der Waals surface area contributed by atoms with E-state index < -0.39 is 13.7 Å². The molecule has 26 heavy (non-hydrogen) atoms. The maximum atomic E-state index is 12.3. The molecule has 2 N–H and O–H groups in total. The predicted octanol–water partition coefficient (Wildman–Crippen LogP) is 4.02. The van der Waals surface area contributed by atoms with E-state index in [1.807, 2.05) is 54.6 Å². The molecule has 0 saturated heterocycles. The van der Waals surface area contributed by atoms with Crippen molar-refractivity contribution >= 4 is 24.8 Å². The molecule has 5 nitrogen and oxygen atoms in total. The molecule has 0 fully saturated rings. The molecule has 1 aromatic heterocycles. The van der Waals surface area contributed by atoms with E-state index in [2.05, 4.69) is 4.98 Å². The summed E-state index contributed by atoms with van der Waals surface area (Å²) in [5.41, 5.74) is 2.91. The van der Waals surface area contributed by atoms with Crippen molar-refractivity contribution in [3.8, 4) is 0 Å². The maximum absolute atomic E-state index is 12.3. The molecule has 0 aliphatic carbocycles. The largest absolute Gasteiger partial charge is 0.361 e. The van der Waals surface area contributed by atoms with Crippen molar-refractivity contribution in [2.24, 2.45) is 0 Å². The van der Waals surface area contributed by atoms with Gasteiger partial charge in [-0.15, -0.1) is 0 Å². The second-order valence-corrected chi connectivity index (χ2v) is 8.16. The number of hydrogen-bond donors (Lipinski definition) is 2. The Kier molecular flexibility index (Phi) is 6.04. The minimum Gasteiger partial charge on any atom is -0.361 e. The molecule has 3 rings (SSSR count). The lowest BCUT2D eigenvalue weighted by Gasteiger charge is -2.16. The number of aromatic nitrogens is 1. The summed E-state index contributed by atoms with van der Waals surface area (Å²) in [5, 5.41) is 0.966. The van der Waals surface area contributed by atoms with Gasteiger partial charge in [-0.2, -0.15) is 0 Å². The first-order valence-electron chi connectivity index (χ1n) is 8.54. The summed E-state index contributed by atoms with van der Waals surface area (Å²) in [7, 11) is -3.85. The van der Waals surface area contributed by atoms with Gasteiger partial charge >= 0.3 is 7.60 Å². The highest BCUT2D eigenvalue weighted by molar-refractivity contribution is 7.52. The molecule has 2 atom stereocenters. The van der Waals surface area contributed by atoms with E-state index in [0.717, 1.165) is 22.0 Å². The van der Waals surface area contributed by atoms with Crippen LogP contribution in [0.2, 0.25) is 0 Å². The van der Waals surface area contributed by atoms with Gasteiger partial charge in [0.2, 0.25) is 6.29 Å². The van der Waals surface area contributed by atoms with Gasteiger partial charge in [0.05, 0.1) is 6.16 Å². The third-order valence-corrected chi connectivity index (χ3v) is 5.72. The lowest BCUT2D eigenvalue weighted by Crippen LogP contribution is -2.17. The summed E-state index contributed by atoms with van der Waals surface area (Å²) >= 11 is 0. The molecular weight excluding hydrogens is 349 g/mol. The van der Waals surface area contributed by atoms with Crippen molar-refractivity contribution in [3.05, 3.63) is 71.9 Å². The zero-order chi connectivity index (χ0) is 18.4. The summed E-state index contributed by atoms with van der Waals surface area (Å²) in [6, 6.07) is 17.4. The van der Waals surface area contributed by atoms with Gasteiger partial charge in [0, 0.05) is 23.5 Å². The molecule has 2 unspecified atom stereocenters. The van der Waals surface area contributed by atoms with E-state index in [9.17, 15) is 14.3 Å². The Balaban J connectivity index is 1.57. The number of aromatic amines is 1. The third kappa shape index (κ3) is 4.92. The van der Waals surface area contributed by atoms with Crippen LogP contribution in [0.5, 0.6) is 0 Å². The molecule has 0 aliphatic rings. The van der Waals surface area contributed by atoms with Gasteiger partial charge in [0.25, 0.3) is 0 Å². The van der Waals surface area contributed by atoms with Crippen LogP contribution in [-0.2, 0) is 26.7 Å². The van der Waals surface area contributed by atoms with Crippen LogP contribution in [0, 0.1) is 0 Å². The number of aryl methyl sites for hydroxylation is 1. The van der Waals surface area contributed by atoms with E-state index >= 15 is 0 Å². The van der Waals surface area contributed by atoms with Crippen molar-refractivity contribution in [3.63, 3.8) is 0 Å². The minimum atomic E-state index is -3.85. The van der Waals surface area contributed by atoms with E-state index in [1.54, 1.807) is 12.5 Å². The van der Waals surface area contributed by atoms with Crippen LogP contribution in [-0.4, -0.2) is 28.4 Å². The first-order chi connectivity index (χ1) is 12.6. The lowest BCUT2D eigenvalue weighted by molar-refractivity contribution is 0.219. The van der Waals surface area contributed by atoms with Gasteiger partial charge in [0.1, 0.15) is 6.10 Å². The molecule has 1 heterocycles. The maximum Gasteiger partial charge on any atom is 0.328 e. The van der Waals surface area contributed by atoms with Gasteiger partial charge in [-0.05, 0) is 30.0 Å². The van der Waals surface area contributed by atoms with E-state index in [1.165, 1.54) is 0 Å². The molecule has 6 heteroatoms. The van der Waals surface area contributed by atoms with E-state index in [-0.39, 0.29) is 12.6 Å². The third-order valence-electron chi connectivity index (χ3n) is 4.25. The quantitative estimate of drug-likeness (QED) is 0.558. The molecule has 0 saturated carbocycles. The van der Waals surface area contributed by atoms with Gasteiger partial charge in [-0.3, -0.25) is 13.9 Å².